The van der Waals surface area contributed by atoms with Gasteiger partial charge in [0.1, 0.15) is 23.1 Å². The maximum Gasteiger partial charge on any atom is 0.131 e. The van der Waals surface area contributed by atoms with Gasteiger partial charge in [0.2, 0.25) is 0 Å². The quantitative estimate of drug-likeness (QED) is 0.631. The van der Waals surface area contributed by atoms with Crippen molar-refractivity contribution >= 4 is 10.8 Å². The maximum atomic E-state index is 14.0. The molecule has 3 rings (SSSR count). The minimum Gasteiger partial charge on any atom is -0.507 e. The first-order chi connectivity index (χ1) is 10.9. The van der Waals surface area contributed by atoms with Crippen molar-refractivity contribution in [3.63, 3.8) is 0 Å². The average Bonchev–Trinajstić information content (AvgIpc) is 2.47. The predicted molar refractivity (Wildman–Crippen MR) is 88.4 cm³/mol. The van der Waals surface area contributed by atoms with Crippen molar-refractivity contribution in [3.8, 4) is 28.4 Å². The summed E-state index contributed by atoms with van der Waals surface area (Å²) in [6.07, 6.45) is 0. The van der Waals surface area contributed by atoms with Gasteiger partial charge in [0.15, 0.2) is 0 Å². The van der Waals surface area contributed by atoms with E-state index in [0.717, 1.165) is 0 Å². The molecule has 4 heteroatoms. The number of fused-ring (bicyclic) bond motifs is 1. The molecule has 3 aromatic carbocycles. The van der Waals surface area contributed by atoms with E-state index in [1.165, 1.54) is 30.3 Å². The molecule has 3 N–H and O–H groups in total. The van der Waals surface area contributed by atoms with Crippen LogP contribution in [0.15, 0.2) is 42.5 Å². The van der Waals surface area contributed by atoms with Gasteiger partial charge in [0.25, 0.3) is 0 Å². The fourth-order valence-electron chi connectivity index (χ4n) is 2.96. The molecule has 0 fully saturated rings. The van der Waals surface area contributed by atoms with Gasteiger partial charge in [0.05, 0.1) is 0 Å². The summed E-state index contributed by atoms with van der Waals surface area (Å²) in [5.41, 5.74) is 1.51. The predicted octanol–water partition coefficient (Wildman–Crippen LogP) is 4.89. The van der Waals surface area contributed by atoms with Gasteiger partial charge in [-0.15, -0.1) is 0 Å². The number of benzene rings is 3. The van der Waals surface area contributed by atoms with Crippen molar-refractivity contribution in [3.05, 3.63) is 53.8 Å². The lowest BCUT2D eigenvalue weighted by atomic mass is 9.93. The van der Waals surface area contributed by atoms with Crippen molar-refractivity contribution in [2.75, 3.05) is 0 Å². The van der Waals surface area contributed by atoms with Crippen molar-refractivity contribution in [2.45, 2.75) is 19.8 Å². The number of rotatable bonds is 2. The molecule has 0 aromatic heterocycles. The van der Waals surface area contributed by atoms with Crippen LogP contribution in [0.5, 0.6) is 17.2 Å². The molecular weight excluding hydrogens is 295 g/mol. The molecule has 118 valence electrons. The van der Waals surface area contributed by atoms with Crippen molar-refractivity contribution < 1.29 is 19.7 Å². The van der Waals surface area contributed by atoms with Crippen molar-refractivity contribution in [1.29, 1.82) is 0 Å². The van der Waals surface area contributed by atoms with Gasteiger partial charge in [-0.1, -0.05) is 32.0 Å². The molecule has 0 saturated heterocycles. The van der Waals surface area contributed by atoms with E-state index < -0.39 is 5.82 Å². The lowest BCUT2D eigenvalue weighted by Gasteiger charge is -2.15. The van der Waals surface area contributed by atoms with E-state index in [2.05, 4.69) is 0 Å². The Morgan fingerprint density at radius 1 is 0.870 bits per heavy atom. The Kier molecular flexibility index (Phi) is 3.60. The Morgan fingerprint density at radius 3 is 2.13 bits per heavy atom. The Bertz CT molecular complexity index is 877. The molecule has 3 nitrogen and oxygen atoms in total. The summed E-state index contributed by atoms with van der Waals surface area (Å²) in [6, 6.07) is 10.5. The van der Waals surface area contributed by atoms with E-state index in [4.69, 9.17) is 0 Å². The molecule has 0 atom stereocenters. The molecule has 0 amide bonds. The summed E-state index contributed by atoms with van der Waals surface area (Å²) in [4.78, 5) is 0. The molecule has 0 unspecified atom stereocenters. The van der Waals surface area contributed by atoms with Crippen LogP contribution in [0.1, 0.15) is 25.3 Å². The van der Waals surface area contributed by atoms with Gasteiger partial charge >= 0.3 is 0 Å². The average molecular weight is 312 g/mol. The van der Waals surface area contributed by atoms with Crippen LogP contribution in [0.25, 0.3) is 21.9 Å². The Hall–Kier alpha value is -2.75. The molecule has 3 aromatic rings. The van der Waals surface area contributed by atoms with E-state index in [1.54, 1.807) is 12.1 Å². The van der Waals surface area contributed by atoms with Gasteiger partial charge in [-0.2, -0.15) is 0 Å². The monoisotopic (exact) mass is 312 g/mol. The van der Waals surface area contributed by atoms with E-state index >= 15 is 0 Å². The second-order valence-electron chi connectivity index (χ2n) is 5.88. The van der Waals surface area contributed by atoms with E-state index in [0.29, 0.717) is 22.1 Å². The van der Waals surface area contributed by atoms with Gasteiger partial charge in [0, 0.05) is 16.3 Å². The number of phenolic OH excluding ortho intramolecular Hbond substituents is 3. The lowest BCUT2D eigenvalue weighted by molar-refractivity contribution is 0.434. The second kappa shape index (κ2) is 5.47. The summed E-state index contributed by atoms with van der Waals surface area (Å²) in [5, 5.41) is 31.2. The van der Waals surface area contributed by atoms with Crippen molar-refractivity contribution in [1.82, 2.24) is 0 Å². The summed E-state index contributed by atoms with van der Waals surface area (Å²) in [5.74, 6) is -0.580. The Labute approximate surface area is 133 Å². The Morgan fingerprint density at radius 2 is 1.52 bits per heavy atom. The van der Waals surface area contributed by atoms with Crippen LogP contribution >= 0.6 is 0 Å². The van der Waals surface area contributed by atoms with Gasteiger partial charge in [-0.25, -0.2) is 4.39 Å². The number of halogens is 1. The molecule has 0 radical (unpaired) electrons. The third kappa shape index (κ3) is 2.46. The summed E-state index contributed by atoms with van der Waals surface area (Å²) in [7, 11) is 0. The van der Waals surface area contributed by atoms with Crippen LogP contribution in [0.4, 0.5) is 4.39 Å². The SMILES string of the molecule is CC(C)c1c(O)cc(-c2ccc(F)c3cccc(O)c23)cc1O. The Balaban J connectivity index is 2.32. The van der Waals surface area contributed by atoms with Gasteiger partial charge in [-0.05, 0) is 41.3 Å². The number of phenols is 3. The number of hydrogen-bond donors (Lipinski definition) is 3. The van der Waals surface area contributed by atoms with Crippen LogP contribution in [0.3, 0.4) is 0 Å². The summed E-state index contributed by atoms with van der Waals surface area (Å²) >= 11 is 0. The molecule has 0 heterocycles. The van der Waals surface area contributed by atoms with E-state index in [-0.39, 0.29) is 28.6 Å². The minimum absolute atomic E-state index is 0.0251. The number of aromatic hydroxyl groups is 3. The lowest BCUT2D eigenvalue weighted by Crippen LogP contribution is -1.92. The first kappa shape index (κ1) is 15.2. The molecule has 0 aliphatic carbocycles. The molecule has 23 heavy (non-hydrogen) atoms. The zero-order valence-corrected chi connectivity index (χ0v) is 12.8. The summed E-state index contributed by atoms with van der Waals surface area (Å²) in [6.45, 7) is 3.74. The maximum absolute atomic E-state index is 14.0. The highest BCUT2D eigenvalue weighted by atomic mass is 19.1. The molecule has 0 saturated carbocycles. The van der Waals surface area contributed by atoms with Gasteiger partial charge in [-0.3, -0.25) is 0 Å². The first-order valence-electron chi connectivity index (χ1n) is 7.36. The zero-order valence-electron chi connectivity index (χ0n) is 12.8. The zero-order chi connectivity index (χ0) is 16.7. The van der Waals surface area contributed by atoms with Crippen molar-refractivity contribution in [2.24, 2.45) is 0 Å². The van der Waals surface area contributed by atoms with E-state index in [1.807, 2.05) is 13.8 Å². The molecule has 0 aliphatic heterocycles. The molecule has 0 spiro atoms. The molecule has 0 aliphatic rings. The highest BCUT2D eigenvalue weighted by Crippen LogP contribution is 2.42. The number of hydrogen-bond acceptors (Lipinski definition) is 3. The normalized spacial score (nSPS) is 11.3. The fraction of sp³-hybridized carbons (Fsp3) is 0.158. The van der Waals surface area contributed by atoms with Crippen LogP contribution in [-0.4, -0.2) is 15.3 Å². The topological polar surface area (TPSA) is 60.7 Å². The van der Waals surface area contributed by atoms with Crippen LogP contribution in [0, 0.1) is 5.82 Å². The van der Waals surface area contributed by atoms with Crippen LogP contribution < -0.4 is 0 Å². The molecular formula is C19H17FO3. The molecule has 0 bridgehead atoms. The standard InChI is InChI=1S/C19H17FO3/c1-10(2)18-16(22)8-11(9-17(18)23)12-6-7-14(20)13-4-3-5-15(21)19(12)13/h3-10,21-23H,1-2H3. The highest BCUT2D eigenvalue weighted by Gasteiger charge is 2.17. The first-order valence-corrected chi connectivity index (χ1v) is 7.36. The fourth-order valence-corrected chi connectivity index (χ4v) is 2.96. The van der Waals surface area contributed by atoms with Crippen LogP contribution in [0.2, 0.25) is 0 Å². The minimum atomic E-state index is -0.438. The third-order valence-corrected chi connectivity index (χ3v) is 3.99. The second-order valence-corrected chi connectivity index (χ2v) is 5.88. The summed E-state index contributed by atoms with van der Waals surface area (Å²) < 4.78 is 14.0. The smallest absolute Gasteiger partial charge is 0.131 e. The van der Waals surface area contributed by atoms with E-state index in [9.17, 15) is 19.7 Å². The van der Waals surface area contributed by atoms with Gasteiger partial charge < -0.3 is 15.3 Å². The third-order valence-electron chi connectivity index (χ3n) is 3.99. The van der Waals surface area contributed by atoms with Crippen LogP contribution in [-0.2, 0) is 0 Å². The largest absolute Gasteiger partial charge is 0.507 e. The highest BCUT2D eigenvalue weighted by molar-refractivity contribution is 6.01.